The van der Waals surface area contributed by atoms with Crippen molar-refractivity contribution in [3.05, 3.63) is 41.2 Å². The van der Waals surface area contributed by atoms with Gasteiger partial charge in [-0.3, -0.25) is 0 Å². The first-order valence-electron chi connectivity index (χ1n) is 4.65. The Hall–Kier alpha value is -0.740. The summed E-state index contributed by atoms with van der Waals surface area (Å²) >= 11 is 5.17. The summed E-state index contributed by atoms with van der Waals surface area (Å²) in [5, 5.41) is 0. The van der Waals surface area contributed by atoms with Crippen LogP contribution in [0.25, 0.3) is 11.0 Å². The predicted octanol–water partition coefficient (Wildman–Crippen LogP) is 3.12. The van der Waals surface area contributed by atoms with Crippen LogP contribution in [-0.2, 0) is 5.75 Å². The molecular weight excluding hydrogens is 272 g/mol. The maximum atomic E-state index is 3.80. The van der Waals surface area contributed by atoms with Crippen molar-refractivity contribution in [2.45, 2.75) is 5.75 Å². The first kappa shape index (κ1) is 10.8. The Morgan fingerprint density at radius 1 is 1.47 bits per heavy atom. The van der Waals surface area contributed by atoms with Crippen molar-refractivity contribution in [2.24, 2.45) is 0 Å². The van der Waals surface area contributed by atoms with Crippen LogP contribution in [0.3, 0.4) is 0 Å². The van der Waals surface area contributed by atoms with E-state index in [2.05, 4.69) is 44.6 Å². The molecule has 0 aliphatic carbocycles. The van der Waals surface area contributed by atoms with E-state index in [0.717, 1.165) is 32.8 Å². The van der Waals surface area contributed by atoms with Gasteiger partial charge in [-0.1, -0.05) is 34.6 Å². The number of nitrogens with one attached hydrogen (secondary N) is 2. The van der Waals surface area contributed by atoms with Gasteiger partial charge in [0.1, 0.15) is 0 Å². The quantitative estimate of drug-likeness (QED) is 0.918. The summed E-state index contributed by atoms with van der Waals surface area (Å²) in [7, 11) is 0. The van der Waals surface area contributed by atoms with Crippen molar-refractivity contribution < 1.29 is 4.98 Å². The first-order chi connectivity index (χ1) is 7.25. The zero-order valence-electron chi connectivity index (χ0n) is 8.22. The van der Waals surface area contributed by atoms with Crippen LogP contribution in [0.1, 0.15) is 5.82 Å². The lowest BCUT2D eigenvalue weighted by Crippen LogP contribution is -2.05. The number of aromatic nitrogens is 2. The van der Waals surface area contributed by atoms with Crippen molar-refractivity contribution in [2.75, 3.05) is 5.75 Å². The van der Waals surface area contributed by atoms with Gasteiger partial charge in [0.05, 0.1) is 5.75 Å². The summed E-state index contributed by atoms with van der Waals surface area (Å²) < 4.78 is 1.03. The highest BCUT2D eigenvalue weighted by Gasteiger charge is 2.08. The molecule has 78 valence electrons. The maximum Gasteiger partial charge on any atom is 0.263 e. The van der Waals surface area contributed by atoms with Crippen molar-refractivity contribution >= 4 is 38.7 Å². The summed E-state index contributed by atoms with van der Waals surface area (Å²) in [4.78, 5) is 6.70. The third-order valence-corrected chi connectivity index (χ3v) is 3.70. The van der Waals surface area contributed by atoms with Crippen LogP contribution in [-0.4, -0.2) is 10.7 Å². The normalized spacial score (nSPS) is 10.7. The van der Waals surface area contributed by atoms with E-state index in [9.17, 15) is 0 Å². The summed E-state index contributed by atoms with van der Waals surface area (Å²) in [5.74, 6) is 3.03. The number of aromatic amines is 2. The molecule has 0 saturated heterocycles. The second-order valence-corrected chi connectivity index (χ2v) is 5.39. The van der Waals surface area contributed by atoms with Gasteiger partial charge in [-0.2, -0.15) is 0 Å². The highest BCUT2D eigenvalue weighted by molar-refractivity contribution is 9.11. The molecule has 1 aromatic carbocycles. The molecule has 0 saturated carbocycles. The molecule has 1 aromatic heterocycles. The maximum absolute atomic E-state index is 3.80. The number of fused-ring (bicyclic) bond motifs is 1. The third-order valence-electron chi connectivity index (χ3n) is 2.00. The van der Waals surface area contributed by atoms with Gasteiger partial charge < -0.3 is 0 Å². The summed E-state index contributed by atoms with van der Waals surface area (Å²) in [6.45, 7) is 3.80. The highest BCUT2D eigenvalue weighted by Crippen LogP contribution is 2.15. The lowest BCUT2D eigenvalue weighted by molar-refractivity contribution is -0.355. The van der Waals surface area contributed by atoms with Crippen LogP contribution in [0.4, 0.5) is 0 Å². The minimum Gasteiger partial charge on any atom is -0.240 e. The SMILES string of the molecule is C=C(Br)CSCc1[nH]c2ccccc2[nH+]1. The van der Waals surface area contributed by atoms with Gasteiger partial charge in [0.2, 0.25) is 0 Å². The van der Waals surface area contributed by atoms with E-state index < -0.39 is 0 Å². The number of thioether (sulfide) groups is 1. The number of benzene rings is 1. The van der Waals surface area contributed by atoms with Gasteiger partial charge in [0.25, 0.3) is 5.82 Å². The van der Waals surface area contributed by atoms with E-state index in [4.69, 9.17) is 0 Å². The molecular formula is C11H12BrN2S+. The second kappa shape index (κ2) is 4.86. The fraction of sp³-hybridized carbons (Fsp3) is 0.182. The Kier molecular flexibility index (Phi) is 3.49. The van der Waals surface area contributed by atoms with Gasteiger partial charge in [0.15, 0.2) is 11.0 Å². The molecule has 2 N–H and O–H groups in total. The van der Waals surface area contributed by atoms with Gasteiger partial charge in [-0.05, 0) is 16.6 Å². The molecule has 2 aromatic rings. The lowest BCUT2D eigenvalue weighted by atomic mass is 10.3. The smallest absolute Gasteiger partial charge is 0.240 e. The van der Waals surface area contributed by atoms with E-state index >= 15 is 0 Å². The Balaban J connectivity index is 2.05. The van der Waals surface area contributed by atoms with Gasteiger partial charge >= 0.3 is 0 Å². The first-order valence-corrected chi connectivity index (χ1v) is 6.60. The zero-order chi connectivity index (χ0) is 10.7. The van der Waals surface area contributed by atoms with E-state index in [1.165, 1.54) is 0 Å². The van der Waals surface area contributed by atoms with E-state index in [1.807, 2.05) is 23.9 Å². The molecule has 0 fully saturated rings. The van der Waals surface area contributed by atoms with Crippen LogP contribution in [0.5, 0.6) is 0 Å². The lowest BCUT2D eigenvalue weighted by Gasteiger charge is -1.92. The molecule has 0 spiro atoms. The second-order valence-electron chi connectivity index (χ2n) is 3.28. The van der Waals surface area contributed by atoms with Crippen molar-refractivity contribution in [1.29, 1.82) is 0 Å². The van der Waals surface area contributed by atoms with Gasteiger partial charge in [-0.25, -0.2) is 9.97 Å². The Labute approximate surface area is 101 Å². The van der Waals surface area contributed by atoms with Crippen LogP contribution in [0.15, 0.2) is 35.3 Å². The topological polar surface area (TPSA) is 29.9 Å². The number of hydrogen-bond acceptors (Lipinski definition) is 1. The standard InChI is InChI=1S/C11H11BrN2S/c1-8(12)6-15-7-11-13-9-4-2-3-5-10(9)14-11/h2-5H,1,6-7H2,(H,13,14)/p+1. The molecule has 0 unspecified atom stereocenters. The zero-order valence-corrected chi connectivity index (χ0v) is 10.6. The van der Waals surface area contributed by atoms with Crippen molar-refractivity contribution in [3.8, 4) is 0 Å². The van der Waals surface area contributed by atoms with Gasteiger partial charge in [-0.15, -0.1) is 11.8 Å². The number of H-pyrrole nitrogens is 2. The molecule has 2 nitrogen and oxygen atoms in total. The molecule has 0 aliphatic rings. The fourth-order valence-electron chi connectivity index (χ4n) is 1.39. The highest BCUT2D eigenvalue weighted by atomic mass is 79.9. The number of para-hydroxylation sites is 2. The summed E-state index contributed by atoms with van der Waals surface area (Å²) in [6, 6.07) is 8.21. The summed E-state index contributed by atoms with van der Waals surface area (Å²) in [6.07, 6.45) is 0. The van der Waals surface area contributed by atoms with Crippen molar-refractivity contribution in [1.82, 2.24) is 4.98 Å². The number of halogens is 1. The average molecular weight is 284 g/mol. The molecule has 1 heterocycles. The molecule has 0 aliphatic heterocycles. The molecule has 4 heteroatoms. The number of hydrogen-bond donors (Lipinski definition) is 1. The molecule has 0 amide bonds. The average Bonchev–Trinajstić information content (AvgIpc) is 2.59. The van der Waals surface area contributed by atoms with Gasteiger partial charge in [0, 0.05) is 5.75 Å². The van der Waals surface area contributed by atoms with Crippen LogP contribution in [0, 0.1) is 0 Å². The predicted molar refractivity (Wildman–Crippen MR) is 69.1 cm³/mol. The third kappa shape index (κ3) is 2.86. The monoisotopic (exact) mass is 283 g/mol. The van der Waals surface area contributed by atoms with E-state index in [0.29, 0.717) is 0 Å². The molecule has 0 bridgehead atoms. The number of rotatable bonds is 4. The van der Waals surface area contributed by atoms with Crippen LogP contribution in [0.2, 0.25) is 0 Å². The van der Waals surface area contributed by atoms with Crippen LogP contribution < -0.4 is 4.98 Å². The Bertz CT molecular complexity index is 445. The Morgan fingerprint density at radius 3 is 3.00 bits per heavy atom. The molecule has 2 rings (SSSR count). The number of imidazole rings is 1. The summed E-state index contributed by atoms with van der Waals surface area (Å²) in [5.41, 5.74) is 2.32. The van der Waals surface area contributed by atoms with Crippen molar-refractivity contribution in [3.63, 3.8) is 0 Å². The fourth-order valence-corrected chi connectivity index (χ4v) is 2.55. The minimum atomic E-state index is 0.934. The van der Waals surface area contributed by atoms with E-state index in [1.54, 1.807) is 0 Å². The Morgan fingerprint density at radius 2 is 2.27 bits per heavy atom. The van der Waals surface area contributed by atoms with Crippen LogP contribution >= 0.6 is 27.7 Å². The minimum absolute atomic E-state index is 0.934. The van der Waals surface area contributed by atoms with E-state index in [-0.39, 0.29) is 0 Å². The molecule has 0 atom stereocenters. The molecule has 0 radical (unpaired) electrons. The molecule has 15 heavy (non-hydrogen) atoms. The largest absolute Gasteiger partial charge is 0.263 e.